The van der Waals surface area contributed by atoms with Crippen LogP contribution in [0.25, 0.3) is 0 Å². The molecule has 25 heavy (non-hydrogen) atoms. The number of rotatable bonds is 16. The Morgan fingerprint density at radius 3 is 2.32 bits per heavy atom. The number of carboxylic acid groups (broad SMARTS) is 1. The van der Waals surface area contributed by atoms with Gasteiger partial charge in [-0.05, 0) is 38.5 Å². The number of carboxylic acids is 1. The normalized spacial score (nSPS) is 13.7. The number of carbonyl (C=O) groups is 1. The summed E-state index contributed by atoms with van der Waals surface area (Å²) >= 11 is 0. The van der Waals surface area contributed by atoms with Gasteiger partial charge in [0.2, 0.25) is 0 Å². The van der Waals surface area contributed by atoms with Crippen LogP contribution in [0.2, 0.25) is 0 Å². The maximum absolute atomic E-state index is 10.4. The summed E-state index contributed by atoms with van der Waals surface area (Å²) in [6.07, 6.45) is 26.3. The van der Waals surface area contributed by atoms with E-state index in [0.717, 1.165) is 25.7 Å². The third kappa shape index (κ3) is 20.3. The van der Waals surface area contributed by atoms with E-state index in [9.17, 15) is 9.90 Å². The number of allylic oxidation sites excluding steroid dienone is 7. The van der Waals surface area contributed by atoms with Crippen molar-refractivity contribution in [2.75, 3.05) is 0 Å². The molecule has 0 amide bonds. The lowest BCUT2D eigenvalue weighted by atomic mass is 10.1. The molecule has 0 spiro atoms. The molecule has 0 aromatic heterocycles. The molecule has 0 fully saturated rings. The van der Waals surface area contributed by atoms with Crippen LogP contribution in [0.15, 0.2) is 48.6 Å². The van der Waals surface area contributed by atoms with E-state index < -0.39 is 12.1 Å². The fourth-order valence-electron chi connectivity index (χ4n) is 2.33. The van der Waals surface area contributed by atoms with Gasteiger partial charge in [-0.15, -0.1) is 0 Å². The Bertz CT molecular complexity index is 419. The molecular formula is C22H36O3. The second-order valence-corrected chi connectivity index (χ2v) is 6.28. The lowest BCUT2D eigenvalue weighted by molar-refractivity contribution is -0.137. The molecule has 1 atom stereocenters. The molecule has 0 aliphatic heterocycles. The smallest absolute Gasteiger partial charge is 0.303 e. The second-order valence-electron chi connectivity index (χ2n) is 6.28. The summed E-state index contributed by atoms with van der Waals surface area (Å²) in [6.45, 7) is 2.22. The Kier molecular flexibility index (Phi) is 17.5. The summed E-state index contributed by atoms with van der Waals surface area (Å²) in [4.78, 5) is 10.4. The third-order valence-electron chi connectivity index (χ3n) is 3.82. The largest absolute Gasteiger partial charge is 0.481 e. The van der Waals surface area contributed by atoms with E-state index in [1.165, 1.54) is 25.7 Å². The average Bonchev–Trinajstić information content (AvgIpc) is 2.58. The monoisotopic (exact) mass is 348 g/mol. The molecule has 1 unspecified atom stereocenters. The Balaban J connectivity index is 3.57. The van der Waals surface area contributed by atoms with Gasteiger partial charge in [0.15, 0.2) is 0 Å². The van der Waals surface area contributed by atoms with Crippen LogP contribution in [0.5, 0.6) is 0 Å². The lowest BCUT2D eigenvalue weighted by Crippen LogP contribution is -2.01. The molecule has 0 heterocycles. The van der Waals surface area contributed by atoms with Crippen molar-refractivity contribution in [1.82, 2.24) is 0 Å². The molecule has 3 nitrogen and oxygen atoms in total. The van der Waals surface area contributed by atoms with Crippen LogP contribution in [0, 0.1) is 0 Å². The number of unbranched alkanes of at least 4 members (excludes halogenated alkanes) is 5. The van der Waals surface area contributed by atoms with Crippen molar-refractivity contribution in [3.8, 4) is 0 Å². The van der Waals surface area contributed by atoms with Gasteiger partial charge in [-0.1, -0.05) is 81.2 Å². The lowest BCUT2D eigenvalue weighted by Gasteiger charge is -2.03. The van der Waals surface area contributed by atoms with Crippen LogP contribution in [-0.2, 0) is 4.79 Å². The van der Waals surface area contributed by atoms with Gasteiger partial charge in [-0.3, -0.25) is 4.79 Å². The van der Waals surface area contributed by atoms with Gasteiger partial charge in [0.05, 0.1) is 6.10 Å². The Labute approximate surface area is 153 Å². The summed E-state index contributed by atoms with van der Waals surface area (Å²) in [5, 5.41) is 18.3. The molecule has 142 valence electrons. The molecule has 0 aliphatic carbocycles. The minimum Gasteiger partial charge on any atom is -0.481 e. The van der Waals surface area contributed by atoms with Crippen molar-refractivity contribution < 1.29 is 15.0 Å². The van der Waals surface area contributed by atoms with Crippen LogP contribution < -0.4 is 0 Å². The molecule has 0 aromatic carbocycles. The van der Waals surface area contributed by atoms with Crippen LogP contribution in [0.4, 0.5) is 0 Å². The minimum atomic E-state index is -0.748. The summed E-state index contributed by atoms with van der Waals surface area (Å²) < 4.78 is 0. The van der Waals surface area contributed by atoms with E-state index in [1.54, 1.807) is 6.08 Å². The Morgan fingerprint density at radius 2 is 1.60 bits per heavy atom. The fourth-order valence-corrected chi connectivity index (χ4v) is 2.33. The van der Waals surface area contributed by atoms with Crippen molar-refractivity contribution >= 4 is 5.97 Å². The summed E-state index contributed by atoms with van der Waals surface area (Å²) in [5.74, 6) is -0.748. The van der Waals surface area contributed by atoms with E-state index in [-0.39, 0.29) is 6.42 Å². The number of aliphatic carboxylic acids is 1. The average molecular weight is 349 g/mol. The predicted molar refractivity (Wildman–Crippen MR) is 107 cm³/mol. The van der Waals surface area contributed by atoms with Gasteiger partial charge in [0.25, 0.3) is 0 Å². The molecule has 0 saturated carbocycles. The first-order chi connectivity index (χ1) is 12.2. The van der Waals surface area contributed by atoms with Gasteiger partial charge in [0.1, 0.15) is 0 Å². The topological polar surface area (TPSA) is 57.5 Å². The fraction of sp³-hybridized carbons (Fsp3) is 0.591. The molecule has 0 radical (unpaired) electrons. The standard InChI is InChI=1S/C22H36O3/c1-2-3-4-5-6-7-8-9-10-11-12-13-15-18-21(23)19-16-14-17-20-22(24)25/h6-7,9-10,12-13,15,18,21,23H,2-5,8,11,14,16-17,19-20H2,1H3,(H,24,25). The molecule has 3 heteroatoms. The molecule has 0 rings (SSSR count). The van der Waals surface area contributed by atoms with Crippen molar-refractivity contribution in [1.29, 1.82) is 0 Å². The zero-order valence-corrected chi connectivity index (χ0v) is 15.8. The molecule has 0 saturated heterocycles. The van der Waals surface area contributed by atoms with Crippen LogP contribution in [0.3, 0.4) is 0 Å². The SMILES string of the molecule is CCCCCC=CCC=CCC=CC=CC(O)CCCCCC(=O)O. The highest BCUT2D eigenvalue weighted by Gasteiger charge is 2.00. The zero-order valence-electron chi connectivity index (χ0n) is 15.8. The third-order valence-corrected chi connectivity index (χ3v) is 3.82. The van der Waals surface area contributed by atoms with Crippen LogP contribution in [-0.4, -0.2) is 22.3 Å². The number of aliphatic hydroxyl groups excluding tert-OH is 1. The Hall–Kier alpha value is -1.61. The van der Waals surface area contributed by atoms with Gasteiger partial charge >= 0.3 is 5.97 Å². The van der Waals surface area contributed by atoms with Crippen molar-refractivity contribution in [3.05, 3.63) is 48.6 Å². The minimum absolute atomic E-state index is 0.219. The highest BCUT2D eigenvalue weighted by Crippen LogP contribution is 2.07. The summed E-state index contributed by atoms with van der Waals surface area (Å²) in [6, 6.07) is 0. The molecule has 0 aromatic rings. The van der Waals surface area contributed by atoms with Gasteiger partial charge in [-0.25, -0.2) is 0 Å². The molecule has 0 bridgehead atoms. The molecule has 2 N–H and O–H groups in total. The van der Waals surface area contributed by atoms with E-state index in [1.807, 2.05) is 12.2 Å². The Morgan fingerprint density at radius 1 is 0.880 bits per heavy atom. The van der Waals surface area contributed by atoms with Gasteiger partial charge < -0.3 is 10.2 Å². The zero-order chi connectivity index (χ0) is 18.6. The second kappa shape index (κ2) is 18.7. The highest BCUT2D eigenvalue weighted by molar-refractivity contribution is 5.66. The van der Waals surface area contributed by atoms with Crippen molar-refractivity contribution in [3.63, 3.8) is 0 Å². The van der Waals surface area contributed by atoms with E-state index in [4.69, 9.17) is 5.11 Å². The molecule has 0 aliphatic rings. The first kappa shape index (κ1) is 23.4. The van der Waals surface area contributed by atoms with Gasteiger partial charge in [0, 0.05) is 6.42 Å². The summed E-state index contributed by atoms with van der Waals surface area (Å²) in [7, 11) is 0. The maximum atomic E-state index is 10.4. The quantitative estimate of drug-likeness (QED) is 0.205. The van der Waals surface area contributed by atoms with Crippen LogP contribution >= 0.6 is 0 Å². The summed E-state index contributed by atoms with van der Waals surface area (Å²) in [5.41, 5.74) is 0. The van der Waals surface area contributed by atoms with E-state index in [2.05, 4.69) is 37.3 Å². The maximum Gasteiger partial charge on any atom is 0.303 e. The highest BCUT2D eigenvalue weighted by atomic mass is 16.4. The van der Waals surface area contributed by atoms with Crippen molar-refractivity contribution in [2.24, 2.45) is 0 Å². The van der Waals surface area contributed by atoms with Crippen molar-refractivity contribution in [2.45, 2.75) is 83.7 Å². The first-order valence-corrected chi connectivity index (χ1v) is 9.70. The predicted octanol–water partition coefficient (Wildman–Crippen LogP) is 5.97. The van der Waals surface area contributed by atoms with Crippen LogP contribution in [0.1, 0.15) is 77.6 Å². The van der Waals surface area contributed by atoms with E-state index in [0.29, 0.717) is 12.8 Å². The number of aliphatic hydroxyl groups is 1. The molecular weight excluding hydrogens is 312 g/mol. The van der Waals surface area contributed by atoms with E-state index >= 15 is 0 Å². The van der Waals surface area contributed by atoms with Gasteiger partial charge in [-0.2, -0.15) is 0 Å². The number of hydrogen-bond acceptors (Lipinski definition) is 2. The number of hydrogen-bond donors (Lipinski definition) is 2. The first-order valence-electron chi connectivity index (χ1n) is 9.70.